The predicted molar refractivity (Wildman–Crippen MR) is 87.2 cm³/mol. The number of carbonyl (C=O) groups excluding carboxylic acids is 1. The van der Waals surface area contributed by atoms with Gasteiger partial charge in [-0.1, -0.05) is 5.21 Å². The van der Waals surface area contributed by atoms with Crippen LogP contribution in [-0.4, -0.2) is 77.7 Å². The third-order valence-corrected chi connectivity index (χ3v) is 4.64. The van der Waals surface area contributed by atoms with E-state index in [2.05, 4.69) is 15.2 Å². The molecule has 134 valence electrons. The highest BCUT2D eigenvalue weighted by molar-refractivity contribution is 5.76. The minimum atomic E-state index is -0.0453. The lowest BCUT2D eigenvalue weighted by Gasteiger charge is -2.22. The third kappa shape index (κ3) is 4.31. The third-order valence-electron chi connectivity index (χ3n) is 4.64. The molecule has 0 radical (unpaired) electrons. The fraction of sp³-hybridized carbons (Fsp3) is 0.812. The van der Waals surface area contributed by atoms with Gasteiger partial charge in [-0.05, 0) is 18.8 Å². The molecule has 0 aromatic carbocycles. The van der Waals surface area contributed by atoms with Crippen molar-refractivity contribution in [1.82, 2.24) is 24.8 Å². The highest BCUT2D eigenvalue weighted by Gasteiger charge is 2.24. The Morgan fingerprint density at radius 1 is 1.42 bits per heavy atom. The molecule has 0 spiro atoms. The van der Waals surface area contributed by atoms with Gasteiger partial charge in [-0.15, -0.1) is 5.10 Å². The van der Waals surface area contributed by atoms with Gasteiger partial charge in [-0.2, -0.15) is 0 Å². The number of aryl methyl sites for hydroxylation is 1. The van der Waals surface area contributed by atoms with Crippen LogP contribution in [0.2, 0.25) is 0 Å². The number of ether oxygens (including phenoxy) is 2. The van der Waals surface area contributed by atoms with Crippen LogP contribution < -0.4 is 0 Å². The van der Waals surface area contributed by atoms with Crippen molar-refractivity contribution < 1.29 is 14.3 Å². The first kappa shape index (κ1) is 17.3. The molecule has 0 bridgehead atoms. The van der Waals surface area contributed by atoms with Crippen LogP contribution in [0.25, 0.3) is 0 Å². The summed E-state index contributed by atoms with van der Waals surface area (Å²) >= 11 is 0. The summed E-state index contributed by atoms with van der Waals surface area (Å²) in [4.78, 5) is 15.6. The fourth-order valence-corrected chi connectivity index (χ4v) is 3.18. The maximum Gasteiger partial charge on any atom is 0.248 e. The van der Waals surface area contributed by atoms with E-state index in [1.807, 2.05) is 4.68 Å². The van der Waals surface area contributed by atoms with E-state index in [1.165, 1.54) is 4.90 Å². The second-order valence-electron chi connectivity index (χ2n) is 6.81. The van der Waals surface area contributed by atoms with E-state index in [4.69, 9.17) is 9.47 Å². The average Bonchev–Trinajstić information content (AvgIpc) is 3.14. The molecule has 0 saturated carbocycles. The Morgan fingerprint density at radius 2 is 2.29 bits per heavy atom. The van der Waals surface area contributed by atoms with Gasteiger partial charge in [0, 0.05) is 46.9 Å². The molecule has 0 N–H and O–H groups in total. The van der Waals surface area contributed by atoms with E-state index in [0.29, 0.717) is 12.5 Å². The maximum atomic E-state index is 11.6. The summed E-state index contributed by atoms with van der Waals surface area (Å²) in [6.45, 7) is 6.01. The van der Waals surface area contributed by atoms with Crippen molar-refractivity contribution in [2.24, 2.45) is 5.92 Å². The summed E-state index contributed by atoms with van der Waals surface area (Å²) in [7, 11) is 3.45. The van der Waals surface area contributed by atoms with Gasteiger partial charge in [0.15, 0.2) is 0 Å². The first-order valence-electron chi connectivity index (χ1n) is 8.62. The Bertz CT molecular complexity index is 554. The second-order valence-corrected chi connectivity index (χ2v) is 6.81. The van der Waals surface area contributed by atoms with Crippen LogP contribution in [0.15, 0.2) is 0 Å². The quantitative estimate of drug-likeness (QED) is 0.734. The monoisotopic (exact) mass is 337 g/mol. The number of rotatable bonds is 6. The lowest BCUT2D eigenvalue weighted by Crippen LogP contribution is -2.30. The van der Waals surface area contributed by atoms with Gasteiger partial charge in [0.2, 0.25) is 5.91 Å². The Balaban J connectivity index is 1.58. The summed E-state index contributed by atoms with van der Waals surface area (Å²) < 4.78 is 13.0. The molecule has 3 heterocycles. The molecule has 1 saturated heterocycles. The number of hydrogen-bond donors (Lipinski definition) is 0. The number of nitrogens with zero attached hydrogens (tertiary/aromatic N) is 5. The highest BCUT2D eigenvalue weighted by Crippen LogP contribution is 2.19. The van der Waals surface area contributed by atoms with Crippen molar-refractivity contribution in [3.63, 3.8) is 0 Å². The molecule has 1 fully saturated rings. The lowest BCUT2D eigenvalue weighted by molar-refractivity contribution is -0.134. The zero-order chi connectivity index (χ0) is 16.9. The van der Waals surface area contributed by atoms with E-state index in [1.54, 1.807) is 14.1 Å². The molecule has 1 aromatic rings. The number of carbonyl (C=O) groups is 1. The Hall–Kier alpha value is -1.51. The van der Waals surface area contributed by atoms with E-state index in [0.717, 1.165) is 63.6 Å². The molecule has 8 nitrogen and oxygen atoms in total. The second kappa shape index (κ2) is 8.04. The van der Waals surface area contributed by atoms with Crippen molar-refractivity contribution >= 4 is 5.91 Å². The van der Waals surface area contributed by atoms with Crippen LogP contribution >= 0.6 is 0 Å². The minimum Gasteiger partial charge on any atom is -0.381 e. The summed E-state index contributed by atoms with van der Waals surface area (Å²) in [5.74, 6) is 0.584. The Kier molecular flexibility index (Phi) is 5.80. The van der Waals surface area contributed by atoms with Gasteiger partial charge in [0.1, 0.15) is 12.3 Å². The molecule has 3 rings (SSSR count). The Labute approximate surface area is 142 Å². The normalized spacial score (nSPS) is 21.5. The van der Waals surface area contributed by atoms with Crippen LogP contribution in [0.3, 0.4) is 0 Å². The summed E-state index contributed by atoms with van der Waals surface area (Å²) in [5, 5.41) is 8.51. The number of amides is 1. The van der Waals surface area contributed by atoms with Gasteiger partial charge >= 0.3 is 0 Å². The van der Waals surface area contributed by atoms with E-state index >= 15 is 0 Å². The van der Waals surface area contributed by atoms with Crippen molar-refractivity contribution in [3.8, 4) is 0 Å². The van der Waals surface area contributed by atoms with Crippen LogP contribution in [0.1, 0.15) is 24.2 Å². The molecule has 24 heavy (non-hydrogen) atoms. The summed E-state index contributed by atoms with van der Waals surface area (Å²) in [6, 6.07) is 0. The van der Waals surface area contributed by atoms with Gasteiger partial charge in [0.05, 0.1) is 18.9 Å². The number of fused-ring (bicyclic) bond motifs is 1. The average molecular weight is 337 g/mol. The molecule has 2 aliphatic rings. The highest BCUT2D eigenvalue weighted by atomic mass is 16.5. The van der Waals surface area contributed by atoms with E-state index in [9.17, 15) is 4.79 Å². The predicted octanol–water partition coefficient (Wildman–Crippen LogP) is 0.125. The number of hydrogen-bond acceptors (Lipinski definition) is 6. The van der Waals surface area contributed by atoms with Crippen molar-refractivity contribution in [3.05, 3.63) is 11.4 Å². The van der Waals surface area contributed by atoms with E-state index in [-0.39, 0.29) is 12.5 Å². The zero-order valence-corrected chi connectivity index (χ0v) is 14.6. The van der Waals surface area contributed by atoms with Gasteiger partial charge < -0.3 is 14.4 Å². The molecular formula is C16H27N5O3. The topological polar surface area (TPSA) is 72.7 Å². The SMILES string of the molecule is CN(C)C(=O)COCc1nnn2c1CN(CC1CCOC1)CCC2. The zero-order valence-electron chi connectivity index (χ0n) is 14.6. The van der Waals surface area contributed by atoms with Gasteiger partial charge in [-0.25, -0.2) is 4.68 Å². The van der Waals surface area contributed by atoms with Gasteiger partial charge in [-0.3, -0.25) is 9.69 Å². The first-order valence-corrected chi connectivity index (χ1v) is 8.62. The standard InChI is InChI=1S/C16H27N5O3/c1-19(2)16(22)12-24-11-14-15-9-20(8-13-4-7-23-10-13)5-3-6-21(15)18-17-14/h13H,3-12H2,1-2H3. The summed E-state index contributed by atoms with van der Waals surface area (Å²) in [5.41, 5.74) is 1.96. The molecule has 2 aliphatic heterocycles. The molecule has 1 unspecified atom stereocenters. The smallest absolute Gasteiger partial charge is 0.248 e. The molecule has 1 aromatic heterocycles. The minimum absolute atomic E-state index is 0.0453. The van der Waals surface area contributed by atoms with Crippen LogP contribution in [-0.2, 0) is 34.0 Å². The summed E-state index contributed by atoms with van der Waals surface area (Å²) in [6.07, 6.45) is 2.22. The van der Waals surface area contributed by atoms with Crippen molar-refractivity contribution in [2.45, 2.75) is 32.5 Å². The lowest BCUT2D eigenvalue weighted by atomic mass is 10.1. The molecule has 1 amide bonds. The molecular weight excluding hydrogens is 310 g/mol. The number of likely N-dealkylation sites (N-methyl/N-ethyl adjacent to an activating group) is 1. The van der Waals surface area contributed by atoms with E-state index < -0.39 is 0 Å². The van der Waals surface area contributed by atoms with Crippen LogP contribution in [0.5, 0.6) is 0 Å². The van der Waals surface area contributed by atoms with Crippen molar-refractivity contribution in [1.29, 1.82) is 0 Å². The molecule has 1 atom stereocenters. The van der Waals surface area contributed by atoms with Gasteiger partial charge in [0.25, 0.3) is 0 Å². The fourth-order valence-electron chi connectivity index (χ4n) is 3.18. The number of aromatic nitrogens is 3. The molecule has 0 aliphatic carbocycles. The molecule has 8 heteroatoms. The van der Waals surface area contributed by atoms with Crippen molar-refractivity contribution in [2.75, 3.05) is 47.0 Å². The Morgan fingerprint density at radius 3 is 3.04 bits per heavy atom. The first-order chi connectivity index (χ1) is 11.6. The van der Waals surface area contributed by atoms with Crippen LogP contribution in [0, 0.1) is 5.92 Å². The maximum absolute atomic E-state index is 11.6. The van der Waals surface area contributed by atoms with Crippen LogP contribution in [0.4, 0.5) is 0 Å². The largest absolute Gasteiger partial charge is 0.381 e.